The van der Waals surface area contributed by atoms with E-state index in [4.69, 9.17) is 11.6 Å². The van der Waals surface area contributed by atoms with Crippen molar-refractivity contribution in [2.45, 2.75) is 19.9 Å². The number of anilines is 1. The van der Waals surface area contributed by atoms with Crippen LogP contribution < -0.4 is 10.9 Å². The van der Waals surface area contributed by atoms with Crippen LogP contribution in [0.15, 0.2) is 45.8 Å². The van der Waals surface area contributed by atoms with Crippen LogP contribution in [0.4, 0.5) is 5.69 Å². The Bertz CT molecular complexity index is 743. The number of carbonyl (C=O) groups excluding carboxylic acids is 1. The monoisotopic (exact) mass is 368 g/mol. The molecule has 0 saturated heterocycles. The summed E-state index contributed by atoms with van der Waals surface area (Å²) < 4.78 is 2.11. The largest absolute Gasteiger partial charge is 0.324 e. The summed E-state index contributed by atoms with van der Waals surface area (Å²) >= 11 is 9.32. The molecular weight excluding hydrogens is 356 g/mol. The molecule has 6 heteroatoms. The number of hydrogen-bond acceptors (Lipinski definition) is 2. The van der Waals surface area contributed by atoms with E-state index in [1.165, 1.54) is 10.6 Å². The van der Waals surface area contributed by atoms with Crippen LogP contribution in [-0.2, 0) is 4.79 Å². The van der Waals surface area contributed by atoms with Crippen LogP contribution in [0.1, 0.15) is 18.5 Å². The van der Waals surface area contributed by atoms with Crippen LogP contribution in [-0.4, -0.2) is 10.5 Å². The van der Waals surface area contributed by atoms with E-state index in [-0.39, 0.29) is 11.5 Å². The minimum Gasteiger partial charge on any atom is -0.324 e. The Kier molecular flexibility index (Phi) is 4.85. The van der Waals surface area contributed by atoms with Crippen molar-refractivity contribution in [2.24, 2.45) is 0 Å². The molecule has 0 aliphatic carbocycles. The highest BCUT2D eigenvalue weighted by Gasteiger charge is 2.17. The Morgan fingerprint density at radius 1 is 1.33 bits per heavy atom. The fraction of sp³-hybridized carbons (Fsp3) is 0.200. The van der Waals surface area contributed by atoms with Gasteiger partial charge < -0.3 is 9.88 Å². The molecule has 1 aromatic heterocycles. The molecular formula is C15H14BrClN2O2. The lowest BCUT2D eigenvalue weighted by molar-refractivity contribution is -0.118. The second-order valence-corrected chi connectivity index (χ2v) is 5.99. The maximum Gasteiger partial charge on any atom is 0.251 e. The topological polar surface area (TPSA) is 51.1 Å². The van der Waals surface area contributed by atoms with Crippen LogP contribution in [0.2, 0.25) is 5.02 Å². The summed E-state index contributed by atoms with van der Waals surface area (Å²) in [5.74, 6) is -0.277. The third kappa shape index (κ3) is 3.54. The van der Waals surface area contributed by atoms with E-state index in [9.17, 15) is 9.59 Å². The number of hydrogen-bond donors (Lipinski definition) is 1. The van der Waals surface area contributed by atoms with Gasteiger partial charge in [0, 0.05) is 27.4 Å². The van der Waals surface area contributed by atoms with Crippen molar-refractivity contribution in [3.8, 4) is 0 Å². The summed E-state index contributed by atoms with van der Waals surface area (Å²) in [7, 11) is 0. The van der Waals surface area contributed by atoms with E-state index >= 15 is 0 Å². The van der Waals surface area contributed by atoms with Gasteiger partial charge in [-0.2, -0.15) is 0 Å². The molecule has 1 amide bonds. The van der Waals surface area contributed by atoms with Gasteiger partial charge in [-0.1, -0.05) is 17.7 Å². The van der Waals surface area contributed by atoms with E-state index in [2.05, 4.69) is 21.2 Å². The van der Waals surface area contributed by atoms with Gasteiger partial charge in [-0.05, 0) is 53.5 Å². The fourth-order valence-corrected chi connectivity index (χ4v) is 2.41. The number of benzene rings is 1. The molecule has 2 aromatic rings. The first kappa shape index (κ1) is 15.8. The van der Waals surface area contributed by atoms with Gasteiger partial charge in [0.05, 0.1) is 0 Å². The lowest BCUT2D eigenvalue weighted by Crippen LogP contribution is -2.31. The summed E-state index contributed by atoms with van der Waals surface area (Å²) in [4.78, 5) is 24.1. The molecule has 1 heterocycles. The van der Waals surface area contributed by atoms with Crippen molar-refractivity contribution >= 4 is 39.1 Å². The SMILES string of the molecule is Cc1c(Cl)cccc1NC(=O)C(C)n1cc(Br)ccc1=O. The molecule has 1 N–H and O–H groups in total. The molecule has 110 valence electrons. The van der Waals surface area contributed by atoms with Gasteiger partial charge >= 0.3 is 0 Å². The van der Waals surface area contributed by atoms with Crippen molar-refractivity contribution in [1.82, 2.24) is 4.57 Å². The normalized spacial score (nSPS) is 12.0. The van der Waals surface area contributed by atoms with Crippen molar-refractivity contribution in [3.63, 3.8) is 0 Å². The number of halogens is 2. The molecule has 1 unspecified atom stereocenters. The Morgan fingerprint density at radius 3 is 2.76 bits per heavy atom. The number of nitrogens with one attached hydrogen (secondary N) is 1. The third-order valence-corrected chi connectivity index (χ3v) is 4.10. The van der Waals surface area contributed by atoms with Crippen LogP contribution in [0.3, 0.4) is 0 Å². The van der Waals surface area contributed by atoms with E-state index in [0.29, 0.717) is 10.7 Å². The predicted octanol–water partition coefficient (Wildman–Crippen LogP) is 3.77. The molecule has 4 nitrogen and oxygen atoms in total. The van der Waals surface area contributed by atoms with Gasteiger partial charge in [-0.3, -0.25) is 9.59 Å². The number of amides is 1. The zero-order valence-corrected chi connectivity index (χ0v) is 13.9. The van der Waals surface area contributed by atoms with Gasteiger partial charge in [-0.25, -0.2) is 0 Å². The summed E-state index contributed by atoms with van der Waals surface area (Å²) in [6, 6.07) is 7.72. The summed E-state index contributed by atoms with van der Waals surface area (Å²) in [6.45, 7) is 3.50. The van der Waals surface area contributed by atoms with Gasteiger partial charge in [0.25, 0.3) is 5.56 Å². The van der Waals surface area contributed by atoms with E-state index in [1.807, 2.05) is 6.92 Å². The number of nitrogens with zero attached hydrogens (tertiary/aromatic N) is 1. The van der Waals surface area contributed by atoms with Gasteiger partial charge in [0.2, 0.25) is 5.91 Å². The van der Waals surface area contributed by atoms with Crippen LogP contribution >= 0.6 is 27.5 Å². The lowest BCUT2D eigenvalue weighted by Gasteiger charge is -2.16. The molecule has 0 aliphatic heterocycles. The third-order valence-electron chi connectivity index (χ3n) is 3.22. The quantitative estimate of drug-likeness (QED) is 0.895. The average Bonchev–Trinajstić information content (AvgIpc) is 2.45. The number of aromatic nitrogens is 1. The summed E-state index contributed by atoms with van der Waals surface area (Å²) in [6.07, 6.45) is 1.59. The first-order valence-electron chi connectivity index (χ1n) is 6.34. The number of rotatable bonds is 3. The van der Waals surface area contributed by atoms with Crippen molar-refractivity contribution in [3.05, 3.63) is 61.9 Å². The van der Waals surface area contributed by atoms with Crippen LogP contribution in [0.25, 0.3) is 0 Å². The van der Waals surface area contributed by atoms with Gasteiger partial charge in [0.15, 0.2) is 0 Å². The van der Waals surface area contributed by atoms with Crippen molar-refractivity contribution in [1.29, 1.82) is 0 Å². The molecule has 0 saturated carbocycles. The molecule has 2 rings (SSSR count). The maximum absolute atomic E-state index is 12.3. The van der Waals surface area contributed by atoms with E-state index in [1.54, 1.807) is 37.4 Å². The zero-order valence-electron chi connectivity index (χ0n) is 11.6. The van der Waals surface area contributed by atoms with Crippen molar-refractivity contribution in [2.75, 3.05) is 5.32 Å². The zero-order chi connectivity index (χ0) is 15.6. The highest BCUT2D eigenvalue weighted by atomic mass is 79.9. The van der Waals surface area contributed by atoms with Gasteiger partial charge in [0.1, 0.15) is 6.04 Å². The highest BCUT2D eigenvalue weighted by molar-refractivity contribution is 9.10. The van der Waals surface area contributed by atoms with Crippen LogP contribution in [0.5, 0.6) is 0 Å². The smallest absolute Gasteiger partial charge is 0.251 e. The second kappa shape index (κ2) is 6.45. The van der Waals surface area contributed by atoms with Gasteiger partial charge in [-0.15, -0.1) is 0 Å². The Hall–Kier alpha value is -1.59. The van der Waals surface area contributed by atoms with E-state index in [0.717, 1.165) is 10.0 Å². The Labute approximate surface area is 135 Å². The predicted molar refractivity (Wildman–Crippen MR) is 87.9 cm³/mol. The van der Waals surface area contributed by atoms with Crippen molar-refractivity contribution < 1.29 is 4.79 Å². The maximum atomic E-state index is 12.3. The average molecular weight is 370 g/mol. The second-order valence-electron chi connectivity index (χ2n) is 4.67. The Balaban J connectivity index is 2.26. The summed E-state index contributed by atoms with van der Waals surface area (Å²) in [5, 5.41) is 3.38. The first-order valence-corrected chi connectivity index (χ1v) is 7.51. The molecule has 0 fully saturated rings. The molecule has 0 radical (unpaired) electrons. The van der Waals surface area contributed by atoms with Crippen LogP contribution in [0, 0.1) is 6.92 Å². The molecule has 1 aromatic carbocycles. The Morgan fingerprint density at radius 2 is 2.05 bits per heavy atom. The fourth-order valence-electron chi connectivity index (χ4n) is 1.89. The minimum atomic E-state index is -0.631. The first-order chi connectivity index (χ1) is 9.90. The minimum absolute atomic E-state index is 0.233. The highest BCUT2D eigenvalue weighted by Crippen LogP contribution is 2.23. The van der Waals surface area contributed by atoms with E-state index < -0.39 is 6.04 Å². The standard InChI is InChI=1S/C15H14BrClN2O2/c1-9-12(17)4-3-5-13(9)18-15(21)10(2)19-8-11(16)6-7-14(19)20/h3-8,10H,1-2H3,(H,18,21). The summed E-state index contributed by atoms with van der Waals surface area (Å²) in [5.41, 5.74) is 1.20. The molecule has 1 atom stereocenters. The molecule has 21 heavy (non-hydrogen) atoms. The molecule has 0 spiro atoms. The molecule has 0 aliphatic rings. The lowest BCUT2D eigenvalue weighted by atomic mass is 10.2. The number of carbonyl (C=O) groups is 1. The number of pyridine rings is 1. The molecule has 0 bridgehead atoms.